The molecule has 0 N–H and O–H groups in total. The Balaban J connectivity index is 1.82. The largest absolute Gasteiger partial charge is 0.419 e. The van der Waals surface area contributed by atoms with E-state index in [1.165, 1.54) is 0 Å². The lowest BCUT2D eigenvalue weighted by Gasteiger charge is -2.30. The average Bonchev–Trinajstić information content (AvgIpc) is 3.16. The van der Waals surface area contributed by atoms with Crippen molar-refractivity contribution >= 4 is 31.7 Å². The lowest BCUT2D eigenvalue weighted by molar-refractivity contribution is 0.415. The van der Waals surface area contributed by atoms with Crippen molar-refractivity contribution in [2.24, 2.45) is 5.92 Å². The topological polar surface area (TPSA) is 63.4 Å². The van der Waals surface area contributed by atoms with Gasteiger partial charge in [0.25, 0.3) is 0 Å². The van der Waals surface area contributed by atoms with Crippen LogP contribution in [0.25, 0.3) is 11.5 Å². The van der Waals surface area contributed by atoms with E-state index in [0.717, 1.165) is 41.5 Å². The molecule has 0 radical (unpaired) electrons. The molecule has 0 spiro atoms. The number of hydrogen-bond donors (Lipinski definition) is 0. The molecule has 1 aliphatic rings. The van der Waals surface area contributed by atoms with Gasteiger partial charge in [-0.3, -0.25) is 0 Å². The van der Waals surface area contributed by atoms with Crippen LogP contribution in [0.1, 0.15) is 25.3 Å². The monoisotopic (exact) mass is 474 g/mol. The zero-order valence-corrected chi connectivity index (χ0v) is 18.8. The predicted octanol–water partition coefficient (Wildman–Crippen LogP) is 5.48. The number of anilines is 1. The summed E-state index contributed by atoms with van der Waals surface area (Å²) in [5.74, 6) is 1.29. The summed E-state index contributed by atoms with van der Waals surface area (Å²) in [5, 5.41) is -0.00931. The van der Waals surface area contributed by atoms with E-state index in [9.17, 15) is 8.42 Å². The van der Waals surface area contributed by atoms with Crippen LogP contribution in [0.3, 0.4) is 0 Å². The summed E-state index contributed by atoms with van der Waals surface area (Å²) in [6.07, 6.45) is 2.00. The molecule has 0 atom stereocenters. The SMILES string of the molecule is Cc1ccc(-c2nc(S(=O)(=O)c3ccc(Br)cc3)c(N3CCC(C)CC3)o2)cc1. The Labute approximate surface area is 179 Å². The normalized spacial score (nSPS) is 15.6. The molecule has 0 amide bonds. The van der Waals surface area contributed by atoms with Gasteiger partial charge in [-0.2, -0.15) is 4.98 Å². The number of sulfone groups is 1. The van der Waals surface area contributed by atoms with Gasteiger partial charge in [0.15, 0.2) is 0 Å². The van der Waals surface area contributed by atoms with Crippen LogP contribution in [0.5, 0.6) is 0 Å². The van der Waals surface area contributed by atoms with E-state index in [1.807, 2.05) is 36.1 Å². The van der Waals surface area contributed by atoms with Crippen molar-refractivity contribution in [1.29, 1.82) is 0 Å². The fourth-order valence-electron chi connectivity index (χ4n) is 3.43. The van der Waals surface area contributed by atoms with Gasteiger partial charge in [-0.1, -0.05) is 40.5 Å². The van der Waals surface area contributed by atoms with E-state index < -0.39 is 9.84 Å². The molecule has 0 unspecified atom stereocenters. The fourth-order valence-corrected chi connectivity index (χ4v) is 5.02. The van der Waals surface area contributed by atoms with Gasteiger partial charge in [0.1, 0.15) is 0 Å². The highest BCUT2D eigenvalue weighted by Crippen LogP contribution is 2.36. The highest BCUT2D eigenvalue weighted by atomic mass is 79.9. The number of rotatable bonds is 4. The van der Waals surface area contributed by atoms with Gasteiger partial charge in [0.05, 0.1) is 4.90 Å². The maximum Gasteiger partial charge on any atom is 0.236 e. The summed E-state index contributed by atoms with van der Waals surface area (Å²) >= 11 is 3.35. The molecule has 152 valence electrons. The molecule has 7 heteroatoms. The fraction of sp³-hybridized carbons (Fsp3) is 0.318. The third-order valence-electron chi connectivity index (χ3n) is 5.33. The smallest absolute Gasteiger partial charge is 0.236 e. The molecule has 0 saturated carbocycles. The lowest BCUT2D eigenvalue weighted by Crippen LogP contribution is -2.33. The van der Waals surface area contributed by atoms with Gasteiger partial charge in [0.2, 0.25) is 26.6 Å². The van der Waals surface area contributed by atoms with Crippen LogP contribution in [0.4, 0.5) is 5.88 Å². The number of hydrogen-bond acceptors (Lipinski definition) is 5. The zero-order chi connectivity index (χ0) is 20.6. The van der Waals surface area contributed by atoms with Gasteiger partial charge in [-0.05, 0) is 62.1 Å². The van der Waals surface area contributed by atoms with Crippen LogP contribution in [-0.4, -0.2) is 26.5 Å². The van der Waals surface area contributed by atoms with Crippen molar-refractivity contribution in [3.8, 4) is 11.5 Å². The molecule has 29 heavy (non-hydrogen) atoms. The van der Waals surface area contributed by atoms with Crippen molar-refractivity contribution in [2.45, 2.75) is 36.6 Å². The van der Waals surface area contributed by atoms with Gasteiger partial charge >= 0.3 is 0 Å². The van der Waals surface area contributed by atoms with Crippen molar-refractivity contribution in [2.75, 3.05) is 18.0 Å². The molecule has 1 saturated heterocycles. The van der Waals surface area contributed by atoms with Gasteiger partial charge in [-0.15, -0.1) is 0 Å². The molecule has 4 rings (SSSR count). The van der Waals surface area contributed by atoms with Crippen LogP contribution in [-0.2, 0) is 9.84 Å². The minimum atomic E-state index is -3.81. The molecule has 3 aromatic rings. The number of piperidine rings is 1. The van der Waals surface area contributed by atoms with E-state index in [-0.39, 0.29) is 9.92 Å². The predicted molar refractivity (Wildman–Crippen MR) is 117 cm³/mol. The first-order valence-corrected chi connectivity index (χ1v) is 12.0. The minimum absolute atomic E-state index is 0.00931. The van der Waals surface area contributed by atoms with E-state index in [1.54, 1.807) is 24.3 Å². The number of aromatic nitrogens is 1. The van der Waals surface area contributed by atoms with Crippen LogP contribution in [0.2, 0.25) is 0 Å². The number of halogens is 1. The van der Waals surface area contributed by atoms with E-state index in [2.05, 4.69) is 27.8 Å². The number of oxazole rings is 1. The lowest BCUT2D eigenvalue weighted by atomic mass is 9.99. The van der Waals surface area contributed by atoms with Gasteiger partial charge in [0, 0.05) is 23.1 Å². The van der Waals surface area contributed by atoms with Crippen molar-refractivity contribution in [1.82, 2.24) is 4.98 Å². The van der Waals surface area contributed by atoms with Crippen LogP contribution < -0.4 is 4.90 Å². The third-order valence-corrected chi connectivity index (χ3v) is 7.52. The standard InChI is InChI=1S/C22H23BrN2O3S/c1-15-3-5-17(6-4-15)20-24-21(22(28-20)25-13-11-16(2)12-14-25)29(26,27)19-9-7-18(23)8-10-19/h3-10,16H,11-14H2,1-2H3. The first-order valence-electron chi connectivity index (χ1n) is 9.68. The first kappa shape index (κ1) is 20.2. The molecule has 2 aromatic carbocycles. The maximum atomic E-state index is 13.4. The Morgan fingerprint density at radius 1 is 1.03 bits per heavy atom. The molecule has 1 fully saturated rings. The Morgan fingerprint density at radius 2 is 1.66 bits per heavy atom. The van der Waals surface area contributed by atoms with Crippen molar-refractivity contribution < 1.29 is 12.8 Å². The summed E-state index contributed by atoms with van der Waals surface area (Å²) < 4.78 is 33.7. The second-order valence-electron chi connectivity index (χ2n) is 7.62. The van der Waals surface area contributed by atoms with E-state index in [0.29, 0.717) is 17.7 Å². The molecular weight excluding hydrogens is 452 g/mol. The summed E-state index contributed by atoms with van der Waals surface area (Å²) in [6.45, 7) is 5.73. The Morgan fingerprint density at radius 3 is 2.28 bits per heavy atom. The van der Waals surface area contributed by atoms with Crippen LogP contribution in [0.15, 0.2) is 67.3 Å². The zero-order valence-electron chi connectivity index (χ0n) is 16.4. The third kappa shape index (κ3) is 4.12. The Hall–Kier alpha value is -2.12. The summed E-state index contributed by atoms with van der Waals surface area (Å²) in [4.78, 5) is 6.68. The molecular formula is C22H23BrN2O3S. The first-order chi connectivity index (χ1) is 13.8. The second kappa shape index (κ2) is 7.95. The number of benzene rings is 2. The highest BCUT2D eigenvalue weighted by molar-refractivity contribution is 9.10. The van der Waals surface area contributed by atoms with Crippen molar-refractivity contribution in [3.05, 3.63) is 58.6 Å². The summed E-state index contributed by atoms with van der Waals surface area (Å²) in [6, 6.07) is 14.3. The van der Waals surface area contributed by atoms with E-state index >= 15 is 0 Å². The molecule has 1 aliphatic heterocycles. The van der Waals surface area contributed by atoms with Crippen LogP contribution >= 0.6 is 15.9 Å². The number of aryl methyl sites for hydroxylation is 1. The van der Waals surface area contributed by atoms with Gasteiger partial charge in [-0.25, -0.2) is 8.42 Å². The average molecular weight is 475 g/mol. The van der Waals surface area contributed by atoms with Crippen LogP contribution in [0, 0.1) is 12.8 Å². The molecule has 0 bridgehead atoms. The molecule has 2 heterocycles. The minimum Gasteiger partial charge on any atom is -0.419 e. The quantitative estimate of drug-likeness (QED) is 0.500. The maximum absolute atomic E-state index is 13.4. The summed E-state index contributed by atoms with van der Waals surface area (Å²) in [7, 11) is -3.81. The Bertz CT molecular complexity index is 1100. The molecule has 5 nitrogen and oxygen atoms in total. The highest BCUT2D eigenvalue weighted by Gasteiger charge is 2.32. The van der Waals surface area contributed by atoms with Gasteiger partial charge < -0.3 is 9.32 Å². The number of nitrogens with zero attached hydrogens (tertiary/aromatic N) is 2. The second-order valence-corrected chi connectivity index (χ2v) is 10.4. The van der Waals surface area contributed by atoms with Crippen molar-refractivity contribution in [3.63, 3.8) is 0 Å². The molecule has 0 aliphatic carbocycles. The summed E-state index contributed by atoms with van der Waals surface area (Å²) in [5.41, 5.74) is 1.88. The Kier molecular flexibility index (Phi) is 5.53. The molecule has 1 aromatic heterocycles. The van der Waals surface area contributed by atoms with E-state index in [4.69, 9.17) is 4.42 Å².